The van der Waals surface area contributed by atoms with Crippen molar-refractivity contribution in [1.29, 1.82) is 0 Å². The molecule has 0 aliphatic heterocycles. The zero-order valence-corrected chi connectivity index (χ0v) is 23.5. The number of hydrogen-bond acceptors (Lipinski definition) is 10. The average molecular weight is 553 g/mol. The highest BCUT2D eigenvalue weighted by atomic mass is 16.6. The van der Waals surface area contributed by atoms with Crippen LogP contribution in [0, 0.1) is 0 Å². The van der Waals surface area contributed by atoms with E-state index in [1.165, 1.54) is 90.0 Å². The smallest absolute Gasteiger partial charge is 0.307 e. The molecule has 5 atom stereocenters. The van der Waals surface area contributed by atoms with Gasteiger partial charge in [0.25, 0.3) is 0 Å². The summed E-state index contributed by atoms with van der Waals surface area (Å²) in [4.78, 5) is 20.6. The summed E-state index contributed by atoms with van der Waals surface area (Å²) in [6, 6.07) is 0. The molecule has 1 unspecified atom stereocenters. The lowest BCUT2D eigenvalue weighted by molar-refractivity contribution is -0.149. The van der Waals surface area contributed by atoms with Gasteiger partial charge in [-0.2, -0.15) is 0 Å². The molecule has 0 saturated heterocycles. The minimum Gasteiger partial charge on any atom is -0.445 e. The second-order valence-corrected chi connectivity index (χ2v) is 10.4. The van der Waals surface area contributed by atoms with Gasteiger partial charge in [-0.05, 0) is 13.3 Å². The van der Waals surface area contributed by atoms with E-state index in [9.17, 15) is 25.2 Å². The Morgan fingerprint density at radius 1 is 0.897 bits per heavy atom. The van der Waals surface area contributed by atoms with E-state index in [1.807, 2.05) is 0 Å². The molecule has 0 aliphatic rings. The van der Waals surface area contributed by atoms with Crippen molar-refractivity contribution in [3.8, 4) is 0 Å². The van der Waals surface area contributed by atoms with Crippen LogP contribution in [-0.4, -0.2) is 54.7 Å². The van der Waals surface area contributed by atoms with Crippen molar-refractivity contribution in [3.63, 3.8) is 0 Å². The van der Waals surface area contributed by atoms with Crippen LogP contribution in [0.1, 0.15) is 140 Å². The van der Waals surface area contributed by atoms with Crippen molar-refractivity contribution in [2.24, 2.45) is 0 Å². The molecule has 0 radical (unpaired) electrons. The van der Waals surface area contributed by atoms with Gasteiger partial charge in [0.15, 0.2) is 12.2 Å². The van der Waals surface area contributed by atoms with Crippen LogP contribution >= 0.6 is 0 Å². The molecule has 39 heavy (non-hydrogen) atoms. The van der Waals surface area contributed by atoms with Crippen molar-refractivity contribution in [2.45, 2.75) is 141 Å². The number of unbranched alkanes of at least 4 members (excludes halogenated alkanes) is 12. The van der Waals surface area contributed by atoms with Gasteiger partial charge in [-0.15, -0.1) is 0 Å². The molecule has 0 fully saturated rings. The number of rotatable bonds is 22. The van der Waals surface area contributed by atoms with Crippen molar-refractivity contribution < 1.29 is 38.8 Å². The highest BCUT2D eigenvalue weighted by Crippen LogP contribution is 2.29. The number of aliphatic hydroxyl groups is 4. The molecule has 10 nitrogen and oxygen atoms in total. The molecule has 0 spiro atoms. The number of carbonyl (C=O) groups is 1. The number of ether oxygens (including phenoxy) is 1. The van der Waals surface area contributed by atoms with Gasteiger partial charge < -0.3 is 34.0 Å². The summed E-state index contributed by atoms with van der Waals surface area (Å²) in [7, 11) is 0. The van der Waals surface area contributed by atoms with Crippen LogP contribution in [0.3, 0.4) is 0 Å². The molecule has 0 amide bonds. The molecule has 2 rings (SSSR count). The fraction of sp³-hybridized carbons (Fsp3) is 0.759. The van der Waals surface area contributed by atoms with E-state index in [0.29, 0.717) is 0 Å². The first kappa shape index (κ1) is 32.9. The quantitative estimate of drug-likeness (QED) is 0.111. The lowest BCUT2D eigenvalue weighted by Gasteiger charge is -2.21. The standard InChI is InChI=1S/C29H48N2O8/c1-3-4-5-6-7-8-9-10-11-12-13-14-15-16-26(35)39-28(25-18-30-20-38-25)29-31-22(19-37-29)23(33)17-24(34)27(36)21(2)32/h18-21,23-24,27-28,32-34,36H,3-17H2,1-2H3/t21-,23+,24-,27+,28?/m0/s1. The number of carbonyl (C=O) groups excluding carboxylic acids is 1. The first-order valence-electron chi connectivity index (χ1n) is 14.6. The second kappa shape index (κ2) is 18.9. The molecular weight excluding hydrogens is 504 g/mol. The molecule has 222 valence electrons. The third-order valence-electron chi connectivity index (χ3n) is 6.90. The van der Waals surface area contributed by atoms with Crippen LogP contribution in [0.15, 0.2) is 27.7 Å². The molecule has 2 heterocycles. The number of hydrogen-bond donors (Lipinski definition) is 4. The van der Waals surface area contributed by atoms with Crippen molar-refractivity contribution in [3.05, 3.63) is 36.2 Å². The Labute approximate surface area is 231 Å². The lowest BCUT2D eigenvalue weighted by atomic mass is 10.0. The molecule has 2 aromatic heterocycles. The first-order valence-corrected chi connectivity index (χ1v) is 14.6. The summed E-state index contributed by atoms with van der Waals surface area (Å²) in [5.41, 5.74) is 0.0823. The largest absolute Gasteiger partial charge is 0.445 e. The van der Waals surface area contributed by atoms with Crippen LogP contribution in [0.4, 0.5) is 0 Å². The summed E-state index contributed by atoms with van der Waals surface area (Å²) in [5, 5.41) is 39.6. The van der Waals surface area contributed by atoms with Gasteiger partial charge in [-0.1, -0.05) is 84.0 Å². The van der Waals surface area contributed by atoms with Crippen molar-refractivity contribution >= 4 is 5.97 Å². The second-order valence-electron chi connectivity index (χ2n) is 10.4. The lowest BCUT2D eigenvalue weighted by Crippen LogP contribution is -2.36. The van der Waals surface area contributed by atoms with Gasteiger partial charge in [0, 0.05) is 12.8 Å². The highest BCUT2D eigenvalue weighted by Gasteiger charge is 2.30. The Hall–Kier alpha value is -2.27. The van der Waals surface area contributed by atoms with E-state index in [1.54, 1.807) is 0 Å². The van der Waals surface area contributed by atoms with Gasteiger partial charge in [-0.25, -0.2) is 9.97 Å². The zero-order chi connectivity index (χ0) is 28.5. The van der Waals surface area contributed by atoms with E-state index in [2.05, 4.69) is 16.9 Å². The molecular formula is C29H48N2O8. The third-order valence-corrected chi connectivity index (χ3v) is 6.90. The van der Waals surface area contributed by atoms with Gasteiger partial charge in [0.2, 0.25) is 12.0 Å². The Balaban J connectivity index is 1.72. The Kier molecular flexibility index (Phi) is 16.0. The summed E-state index contributed by atoms with van der Waals surface area (Å²) in [5.74, 6) is -0.207. The molecule has 0 aromatic carbocycles. The molecule has 2 aromatic rings. The fourth-order valence-corrected chi connectivity index (χ4v) is 4.45. The maximum atomic E-state index is 12.6. The number of nitrogens with zero attached hydrogens (tertiary/aromatic N) is 2. The summed E-state index contributed by atoms with van der Waals surface area (Å²) < 4.78 is 16.4. The van der Waals surface area contributed by atoms with E-state index in [4.69, 9.17) is 13.6 Å². The van der Waals surface area contributed by atoms with Crippen LogP contribution in [0.5, 0.6) is 0 Å². The van der Waals surface area contributed by atoms with Crippen LogP contribution in [-0.2, 0) is 9.53 Å². The Morgan fingerprint density at radius 2 is 1.49 bits per heavy atom. The Bertz CT molecular complexity index is 886. The molecule has 0 bridgehead atoms. The minimum atomic E-state index is -1.42. The van der Waals surface area contributed by atoms with E-state index >= 15 is 0 Å². The van der Waals surface area contributed by atoms with Gasteiger partial charge >= 0.3 is 5.97 Å². The SMILES string of the molecule is CCCCCCCCCCCCCCCC(=O)OC(c1cnco1)c1nc([C@H](O)C[C@H](O)[C@H](O)[C@H](C)O)co1. The van der Waals surface area contributed by atoms with Crippen LogP contribution < -0.4 is 0 Å². The highest BCUT2D eigenvalue weighted by molar-refractivity contribution is 5.69. The number of oxazole rings is 2. The first-order chi connectivity index (χ1) is 18.8. The predicted molar refractivity (Wildman–Crippen MR) is 145 cm³/mol. The summed E-state index contributed by atoms with van der Waals surface area (Å²) >= 11 is 0. The maximum absolute atomic E-state index is 12.6. The Morgan fingerprint density at radius 3 is 2.03 bits per heavy atom. The number of aliphatic hydroxyl groups excluding tert-OH is 4. The monoisotopic (exact) mass is 552 g/mol. The zero-order valence-electron chi connectivity index (χ0n) is 23.5. The predicted octanol–water partition coefficient (Wildman–Crippen LogP) is 5.30. The molecule has 0 aliphatic carbocycles. The third kappa shape index (κ3) is 12.6. The van der Waals surface area contributed by atoms with Gasteiger partial charge in [-0.3, -0.25) is 4.79 Å². The van der Waals surface area contributed by atoms with E-state index in [0.717, 1.165) is 19.3 Å². The summed E-state index contributed by atoms with van der Waals surface area (Å²) in [6.07, 6.45) is 13.3. The molecule has 0 saturated carbocycles. The normalized spacial score (nSPS) is 15.5. The van der Waals surface area contributed by atoms with E-state index < -0.39 is 36.5 Å². The van der Waals surface area contributed by atoms with Crippen molar-refractivity contribution in [1.82, 2.24) is 9.97 Å². The van der Waals surface area contributed by atoms with Crippen LogP contribution in [0.25, 0.3) is 0 Å². The van der Waals surface area contributed by atoms with Gasteiger partial charge in [0.05, 0.1) is 18.4 Å². The van der Waals surface area contributed by atoms with Gasteiger partial charge in [0.1, 0.15) is 24.2 Å². The number of esters is 1. The van der Waals surface area contributed by atoms with E-state index in [-0.39, 0.29) is 30.2 Å². The molecule has 4 N–H and O–H groups in total. The summed E-state index contributed by atoms with van der Waals surface area (Å²) in [6.45, 7) is 3.58. The fourth-order valence-electron chi connectivity index (χ4n) is 4.45. The topological polar surface area (TPSA) is 159 Å². The average Bonchev–Trinajstić information content (AvgIpc) is 3.62. The molecule has 10 heteroatoms. The van der Waals surface area contributed by atoms with Crippen molar-refractivity contribution in [2.75, 3.05) is 0 Å². The van der Waals surface area contributed by atoms with Crippen LogP contribution in [0.2, 0.25) is 0 Å². The number of aromatic nitrogens is 2. The minimum absolute atomic E-state index is 0.00919. The maximum Gasteiger partial charge on any atom is 0.307 e.